The minimum Gasteiger partial charge on any atom is -0.315 e. The molecule has 1 saturated heterocycles. The van der Waals surface area contributed by atoms with Crippen LogP contribution in [0.4, 0.5) is 0 Å². The number of hydrogen-bond donors (Lipinski definition) is 2. The van der Waals surface area contributed by atoms with E-state index in [1.807, 2.05) is 26.0 Å². The summed E-state index contributed by atoms with van der Waals surface area (Å²) in [5.41, 5.74) is 1.87. The van der Waals surface area contributed by atoms with Crippen LogP contribution in [0.15, 0.2) is 23.1 Å². The van der Waals surface area contributed by atoms with Crippen LogP contribution >= 0.6 is 0 Å². The molecular weight excluding hydrogens is 260 g/mol. The molecule has 0 radical (unpaired) electrons. The number of piperidine rings is 1. The van der Waals surface area contributed by atoms with Crippen molar-refractivity contribution >= 4 is 10.0 Å². The smallest absolute Gasteiger partial charge is 0.241 e. The fourth-order valence-corrected chi connectivity index (χ4v) is 4.08. The van der Waals surface area contributed by atoms with Gasteiger partial charge in [0.1, 0.15) is 0 Å². The SMILES string of the molecule is Cc1ccc(S(=O)(=O)N[C@@H]2CNCC[C@@H]2C)c(C)c1. The Balaban J connectivity index is 2.22. The van der Waals surface area contributed by atoms with Gasteiger partial charge in [0.05, 0.1) is 4.90 Å². The van der Waals surface area contributed by atoms with E-state index in [2.05, 4.69) is 17.0 Å². The molecule has 2 atom stereocenters. The van der Waals surface area contributed by atoms with E-state index in [4.69, 9.17) is 0 Å². The van der Waals surface area contributed by atoms with Crippen molar-refractivity contribution in [3.05, 3.63) is 29.3 Å². The number of rotatable bonds is 3. The van der Waals surface area contributed by atoms with Gasteiger partial charge in [0.25, 0.3) is 0 Å². The van der Waals surface area contributed by atoms with Gasteiger partial charge < -0.3 is 5.32 Å². The van der Waals surface area contributed by atoms with Gasteiger partial charge >= 0.3 is 0 Å². The fraction of sp³-hybridized carbons (Fsp3) is 0.571. The van der Waals surface area contributed by atoms with Gasteiger partial charge in [-0.2, -0.15) is 0 Å². The van der Waals surface area contributed by atoms with Crippen molar-refractivity contribution in [1.82, 2.24) is 10.0 Å². The summed E-state index contributed by atoms with van der Waals surface area (Å²) in [7, 11) is -3.43. The zero-order valence-corrected chi connectivity index (χ0v) is 12.5. The summed E-state index contributed by atoms with van der Waals surface area (Å²) in [4.78, 5) is 0.385. The fourth-order valence-electron chi connectivity index (χ4n) is 2.51. The van der Waals surface area contributed by atoms with Crippen LogP contribution < -0.4 is 10.0 Å². The van der Waals surface area contributed by atoms with E-state index in [1.165, 1.54) is 0 Å². The van der Waals surface area contributed by atoms with Gasteiger partial charge in [-0.05, 0) is 44.4 Å². The van der Waals surface area contributed by atoms with Crippen molar-refractivity contribution in [2.75, 3.05) is 13.1 Å². The largest absolute Gasteiger partial charge is 0.315 e. The molecule has 19 heavy (non-hydrogen) atoms. The molecule has 1 aromatic carbocycles. The second-order valence-corrected chi connectivity index (χ2v) is 7.15. The number of hydrogen-bond acceptors (Lipinski definition) is 3. The van der Waals surface area contributed by atoms with Gasteiger partial charge in [0, 0.05) is 12.6 Å². The Morgan fingerprint density at radius 1 is 1.32 bits per heavy atom. The van der Waals surface area contributed by atoms with Gasteiger partial charge in [-0.15, -0.1) is 0 Å². The molecule has 0 aromatic heterocycles. The van der Waals surface area contributed by atoms with Crippen LogP contribution in [0, 0.1) is 19.8 Å². The van der Waals surface area contributed by atoms with Crippen molar-refractivity contribution in [3.8, 4) is 0 Å². The lowest BCUT2D eigenvalue weighted by atomic mass is 9.96. The maximum absolute atomic E-state index is 12.4. The van der Waals surface area contributed by atoms with Crippen LogP contribution in [0.5, 0.6) is 0 Å². The molecule has 1 aromatic rings. The highest BCUT2D eigenvalue weighted by atomic mass is 32.2. The van der Waals surface area contributed by atoms with E-state index in [9.17, 15) is 8.42 Å². The Morgan fingerprint density at radius 3 is 2.68 bits per heavy atom. The van der Waals surface area contributed by atoms with Gasteiger partial charge in [0.15, 0.2) is 0 Å². The summed E-state index contributed by atoms with van der Waals surface area (Å²) < 4.78 is 27.7. The summed E-state index contributed by atoms with van der Waals surface area (Å²) >= 11 is 0. The van der Waals surface area contributed by atoms with Crippen molar-refractivity contribution in [2.24, 2.45) is 5.92 Å². The first-order valence-corrected chi connectivity index (χ1v) is 8.19. The Bertz CT molecular complexity index is 555. The van der Waals surface area contributed by atoms with Crippen LogP contribution in [0.2, 0.25) is 0 Å². The average Bonchev–Trinajstić information content (AvgIpc) is 2.31. The van der Waals surface area contributed by atoms with Crippen molar-refractivity contribution in [3.63, 3.8) is 0 Å². The van der Waals surface area contributed by atoms with Crippen LogP contribution in [0.25, 0.3) is 0 Å². The highest BCUT2D eigenvalue weighted by Gasteiger charge is 2.27. The Morgan fingerprint density at radius 2 is 2.05 bits per heavy atom. The highest BCUT2D eigenvalue weighted by molar-refractivity contribution is 7.89. The molecule has 1 aliphatic heterocycles. The lowest BCUT2D eigenvalue weighted by Gasteiger charge is -2.30. The predicted octanol–water partition coefficient (Wildman–Crippen LogP) is 1.58. The van der Waals surface area contributed by atoms with Crippen LogP contribution in [-0.2, 0) is 10.0 Å². The van der Waals surface area contributed by atoms with E-state index in [-0.39, 0.29) is 6.04 Å². The summed E-state index contributed by atoms with van der Waals surface area (Å²) in [6.45, 7) is 7.55. The summed E-state index contributed by atoms with van der Waals surface area (Å²) in [6.07, 6.45) is 1.00. The summed E-state index contributed by atoms with van der Waals surface area (Å²) in [5.74, 6) is 0.363. The van der Waals surface area contributed by atoms with E-state index in [0.29, 0.717) is 17.4 Å². The standard InChI is InChI=1S/C14H22N2O2S/c1-10-4-5-14(12(3)8-10)19(17,18)16-13-9-15-7-6-11(13)2/h4-5,8,11,13,15-16H,6-7,9H2,1-3H3/t11-,13+/m0/s1. The number of aryl methyl sites for hydroxylation is 2. The molecule has 1 fully saturated rings. The normalized spacial score (nSPS) is 24.4. The summed E-state index contributed by atoms with van der Waals surface area (Å²) in [6, 6.07) is 5.40. The highest BCUT2D eigenvalue weighted by Crippen LogP contribution is 2.19. The first kappa shape index (κ1) is 14.5. The first-order valence-electron chi connectivity index (χ1n) is 6.70. The van der Waals surface area contributed by atoms with E-state index in [1.54, 1.807) is 6.07 Å². The zero-order valence-electron chi connectivity index (χ0n) is 11.7. The predicted molar refractivity (Wildman–Crippen MR) is 76.7 cm³/mol. The molecule has 0 aliphatic carbocycles. The third-order valence-corrected chi connectivity index (χ3v) is 5.40. The molecule has 0 saturated carbocycles. The molecule has 2 rings (SSSR count). The minimum absolute atomic E-state index is 0.0283. The monoisotopic (exact) mass is 282 g/mol. The molecule has 106 valence electrons. The van der Waals surface area contributed by atoms with Crippen LogP contribution in [0.1, 0.15) is 24.5 Å². The van der Waals surface area contributed by atoms with Crippen LogP contribution in [0.3, 0.4) is 0 Å². The van der Waals surface area contributed by atoms with E-state index >= 15 is 0 Å². The second kappa shape index (κ2) is 5.61. The molecule has 2 N–H and O–H groups in total. The average molecular weight is 282 g/mol. The molecule has 4 nitrogen and oxygen atoms in total. The molecule has 0 amide bonds. The minimum atomic E-state index is -3.43. The van der Waals surface area contributed by atoms with Crippen molar-refractivity contribution in [2.45, 2.75) is 38.1 Å². The van der Waals surface area contributed by atoms with Gasteiger partial charge in [-0.3, -0.25) is 0 Å². The lowest BCUT2D eigenvalue weighted by Crippen LogP contribution is -2.50. The molecule has 5 heteroatoms. The van der Waals surface area contributed by atoms with Gasteiger partial charge in [-0.25, -0.2) is 13.1 Å². The Kier molecular flexibility index (Phi) is 4.28. The lowest BCUT2D eigenvalue weighted by molar-refractivity contribution is 0.327. The number of benzene rings is 1. The molecule has 1 heterocycles. The number of sulfonamides is 1. The Labute approximate surface area is 115 Å². The van der Waals surface area contributed by atoms with E-state index in [0.717, 1.165) is 24.1 Å². The second-order valence-electron chi connectivity index (χ2n) is 5.47. The first-order chi connectivity index (χ1) is 8.90. The van der Waals surface area contributed by atoms with E-state index < -0.39 is 10.0 Å². The molecule has 0 spiro atoms. The maximum atomic E-state index is 12.4. The molecule has 1 aliphatic rings. The van der Waals surface area contributed by atoms with Gasteiger partial charge in [0.2, 0.25) is 10.0 Å². The Hall–Kier alpha value is -0.910. The van der Waals surface area contributed by atoms with Crippen LogP contribution in [-0.4, -0.2) is 27.5 Å². The van der Waals surface area contributed by atoms with Crippen molar-refractivity contribution in [1.29, 1.82) is 0 Å². The van der Waals surface area contributed by atoms with Gasteiger partial charge in [-0.1, -0.05) is 24.6 Å². The topological polar surface area (TPSA) is 58.2 Å². The molecule has 0 bridgehead atoms. The maximum Gasteiger partial charge on any atom is 0.241 e. The quantitative estimate of drug-likeness (QED) is 0.885. The molecule has 0 unspecified atom stereocenters. The number of nitrogens with one attached hydrogen (secondary N) is 2. The summed E-state index contributed by atoms with van der Waals surface area (Å²) in [5, 5.41) is 3.24. The third kappa shape index (κ3) is 3.35. The van der Waals surface area contributed by atoms with Crippen molar-refractivity contribution < 1.29 is 8.42 Å². The molecular formula is C14H22N2O2S. The zero-order chi connectivity index (χ0) is 14.0. The third-order valence-electron chi connectivity index (χ3n) is 3.75.